The van der Waals surface area contributed by atoms with Crippen molar-refractivity contribution in [3.8, 4) is 16.9 Å². The third kappa shape index (κ3) is 3.95. The number of nitrogens with zero attached hydrogens (tertiary/aromatic N) is 2. The van der Waals surface area contributed by atoms with E-state index in [-0.39, 0.29) is 17.7 Å². The Morgan fingerprint density at radius 3 is 2.67 bits per heavy atom. The summed E-state index contributed by atoms with van der Waals surface area (Å²) in [5, 5.41) is 1.00. The van der Waals surface area contributed by atoms with Gasteiger partial charge in [0.1, 0.15) is 17.4 Å². The summed E-state index contributed by atoms with van der Waals surface area (Å²) in [6.07, 6.45) is 1.51. The van der Waals surface area contributed by atoms with Gasteiger partial charge in [-0.25, -0.2) is 9.37 Å². The van der Waals surface area contributed by atoms with E-state index in [2.05, 4.69) is 11.0 Å². The maximum Gasteiger partial charge on any atom is 0.309 e. The Bertz CT molecular complexity index is 1060. The van der Waals surface area contributed by atoms with Gasteiger partial charge in [-0.3, -0.25) is 4.79 Å². The van der Waals surface area contributed by atoms with E-state index in [9.17, 15) is 9.18 Å². The topological polar surface area (TPSA) is 51.7 Å². The number of fused-ring (bicyclic) bond motifs is 1. The number of anilines is 1. The zero-order valence-corrected chi connectivity index (χ0v) is 17.2. The van der Waals surface area contributed by atoms with Crippen LogP contribution in [0.15, 0.2) is 48.5 Å². The van der Waals surface area contributed by atoms with Gasteiger partial charge in [0.05, 0.1) is 25.2 Å². The first-order valence-electron chi connectivity index (χ1n) is 10.3. The lowest BCUT2D eigenvalue weighted by Crippen LogP contribution is -2.37. The summed E-state index contributed by atoms with van der Waals surface area (Å²) in [6.45, 7) is 3.76. The molecular weight excluding hydrogens is 383 g/mol. The van der Waals surface area contributed by atoms with Crippen LogP contribution in [0, 0.1) is 11.7 Å². The molecule has 2 aromatic carbocycles. The summed E-state index contributed by atoms with van der Waals surface area (Å²) in [4.78, 5) is 19.1. The second kappa shape index (κ2) is 8.69. The Kier molecular flexibility index (Phi) is 5.84. The predicted molar refractivity (Wildman–Crippen MR) is 115 cm³/mol. The smallest absolute Gasteiger partial charge is 0.309 e. The van der Waals surface area contributed by atoms with Gasteiger partial charge >= 0.3 is 5.97 Å². The van der Waals surface area contributed by atoms with Crippen LogP contribution in [-0.4, -0.2) is 37.8 Å². The fourth-order valence-corrected chi connectivity index (χ4v) is 4.02. The van der Waals surface area contributed by atoms with Crippen LogP contribution in [0.2, 0.25) is 0 Å². The molecule has 0 atom stereocenters. The molecular formula is C24H25FN2O3. The largest absolute Gasteiger partial charge is 0.496 e. The molecule has 0 saturated carbocycles. The summed E-state index contributed by atoms with van der Waals surface area (Å²) in [5.74, 6) is 0.868. The van der Waals surface area contributed by atoms with Crippen LogP contribution in [-0.2, 0) is 9.53 Å². The third-order valence-electron chi connectivity index (χ3n) is 5.60. The number of hydrogen-bond donors (Lipinski definition) is 0. The summed E-state index contributed by atoms with van der Waals surface area (Å²) in [7, 11) is 1.54. The van der Waals surface area contributed by atoms with Gasteiger partial charge in [-0.2, -0.15) is 0 Å². The highest BCUT2D eigenvalue weighted by atomic mass is 19.1. The number of methoxy groups -OCH3 is 1. The summed E-state index contributed by atoms with van der Waals surface area (Å²) in [5.41, 5.74) is 2.54. The molecule has 6 heteroatoms. The van der Waals surface area contributed by atoms with Crippen LogP contribution in [0.4, 0.5) is 10.2 Å². The van der Waals surface area contributed by atoms with E-state index >= 15 is 0 Å². The van der Waals surface area contributed by atoms with E-state index in [4.69, 9.17) is 14.5 Å². The number of hydrogen-bond acceptors (Lipinski definition) is 5. The molecule has 0 radical (unpaired) electrons. The van der Waals surface area contributed by atoms with Gasteiger partial charge in [-0.1, -0.05) is 18.2 Å². The molecule has 1 fully saturated rings. The Balaban J connectivity index is 1.65. The van der Waals surface area contributed by atoms with Crippen molar-refractivity contribution in [2.75, 3.05) is 31.7 Å². The molecule has 30 heavy (non-hydrogen) atoms. The highest BCUT2D eigenvalue weighted by Crippen LogP contribution is 2.36. The number of pyridine rings is 1. The molecule has 1 saturated heterocycles. The molecule has 0 unspecified atom stereocenters. The van der Waals surface area contributed by atoms with Crippen molar-refractivity contribution < 1.29 is 18.7 Å². The van der Waals surface area contributed by atoms with Gasteiger partial charge in [0, 0.05) is 35.7 Å². The zero-order valence-electron chi connectivity index (χ0n) is 17.2. The number of para-hydroxylation sites is 1. The maximum atomic E-state index is 13.7. The first-order chi connectivity index (χ1) is 14.6. The number of esters is 1. The maximum absolute atomic E-state index is 13.7. The van der Waals surface area contributed by atoms with Crippen molar-refractivity contribution in [2.24, 2.45) is 5.92 Å². The Labute approximate surface area is 175 Å². The van der Waals surface area contributed by atoms with Gasteiger partial charge in [0.2, 0.25) is 0 Å². The van der Waals surface area contributed by atoms with Crippen molar-refractivity contribution in [1.29, 1.82) is 0 Å². The van der Waals surface area contributed by atoms with Crippen molar-refractivity contribution >= 4 is 22.7 Å². The fourth-order valence-electron chi connectivity index (χ4n) is 4.02. The lowest BCUT2D eigenvalue weighted by molar-refractivity contribution is -0.148. The van der Waals surface area contributed by atoms with Gasteiger partial charge < -0.3 is 14.4 Å². The highest BCUT2D eigenvalue weighted by molar-refractivity contribution is 5.96. The van der Waals surface area contributed by atoms with Crippen molar-refractivity contribution in [2.45, 2.75) is 19.8 Å². The average molecular weight is 408 g/mol. The van der Waals surface area contributed by atoms with Gasteiger partial charge in [0.25, 0.3) is 0 Å². The number of halogens is 1. The number of carbonyl (C=O) groups excluding carboxylic acids is 1. The van der Waals surface area contributed by atoms with E-state index < -0.39 is 0 Å². The number of carbonyl (C=O) groups is 1. The molecule has 4 rings (SSSR count). The molecule has 1 aromatic heterocycles. The average Bonchev–Trinajstić information content (AvgIpc) is 2.78. The fraction of sp³-hybridized carbons (Fsp3) is 0.333. The summed E-state index contributed by atoms with van der Waals surface area (Å²) < 4.78 is 24.2. The van der Waals surface area contributed by atoms with Gasteiger partial charge in [-0.15, -0.1) is 0 Å². The number of aromatic nitrogens is 1. The van der Waals surface area contributed by atoms with E-state index in [0.717, 1.165) is 53.8 Å². The van der Waals surface area contributed by atoms with E-state index in [0.29, 0.717) is 12.4 Å². The van der Waals surface area contributed by atoms with Gasteiger partial charge in [0.15, 0.2) is 0 Å². The first kappa shape index (κ1) is 20.1. The van der Waals surface area contributed by atoms with E-state index in [1.807, 2.05) is 31.2 Å². The number of ether oxygens (including phenoxy) is 2. The van der Waals surface area contributed by atoms with Crippen LogP contribution in [0.3, 0.4) is 0 Å². The van der Waals surface area contributed by atoms with Crippen LogP contribution in [0.5, 0.6) is 5.75 Å². The SMILES string of the molecule is CCOC(=O)C1CCN(c2ccc3cccc(-c4ccc(F)cc4OC)c3n2)CC1. The molecule has 2 heterocycles. The first-order valence-corrected chi connectivity index (χ1v) is 10.3. The molecule has 0 bridgehead atoms. The second-order valence-electron chi connectivity index (χ2n) is 7.40. The Hall–Kier alpha value is -3.15. The normalized spacial score (nSPS) is 14.7. The van der Waals surface area contributed by atoms with E-state index in [1.165, 1.54) is 19.2 Å². The van der Waals surface area contributed by atoms with Crippen molar-refractivity contribution in [1.82, 2.24) is 4.98 Å². The minimum Gasteiger partial charge on any atom is -0.496 e. The van der Waals surface area contributed by atoms with Crippen LogP contribution in [0.25, 0.3) is 22.0 Å². The second-order valence-corrected chi connectivity index (χ2v) is 7.40. The minimum atomic E-state index is -0.339. The molecule has 5 nitrogen and oxygen atoms in total. The van der Waals surface area contributed by atoms with Crippen molar-refractivity contribution in [3.05, 3.63) is 54.3 Å². The molecule has 0 spiro atoms. The van der Waals surface area contributed by atoms with Crippen LogP contribution >= 0.6 is 0 Å². The zero-order chi connectivity index (χ0) is 21.1. The molecule has 0 aliphatic carbocycles. The van der Waals surface area contributed by atoms with Crippen molar-refractivity contribution in [3.63, 3.8) is 0 Å². The molecule has 0 amide bonds. The summed E-state index contributed by atoms with van der Waals surface area (Å²) >= 11 is 0. The monoisotopic (exact) mass is 408 g/mol. The number of rotatable bonds is 5. The highest BCUT2D eigenvalue weighted by Gasteiger charge is 2.26. The molecule has 156 valence electrons. The molecule has 0 N–H and O–H groups in total. The third-order valence-corrected chi connectivity index (χ3v) is 5.60. The lowest BCUT2D eigenvalue weighted by Gasteiger charge is -2.32. The van der Waals surface area contributed by atoms with Gasteiger partial charge in [-0.05, 0) is 44.0 Å². The lowest BCUT2D eigenvalue weighted by atomic mass is 9.97. The van der Waals surface area contributed by atoms with Crippen LogP contribution in [0.1, 0.15) is 19.8 Å². The number of piperidine rings is 1. The standard InChI is InChI=1S/C24H25FN2O3/c1-3-30-24(28)17-11-13-27(14-12-17)22-10-7-16-5-4-6-20(23(16)26-22)19-9-8-18(25)15-21(19)29-2/h4-10,15,17H,3,11-14H2,1-2H3. The summed E-state index contributed by atoms with van der Waals surface area (Å²) in [6, 6.07) is 14.6. The molecule has 1 aliphatic heterocycles. The molecule has 1 aliphatic rings. The Morgan fingerprint density at radius 1 is 1.13 bits per heavy atom. The quantitative estimate of drug-likeness (QED) is 0.566. The van der Waals surface area contributed by atoms with Crippen LogP contribution < -0.4 is 9.64 Å². The number of benzene rings is 2. The molecule has 3 aromatic rings. The Morgan fingerprint density at radius 2 is 1.93 bits per heavy atom. The van der Waals surface area contributed by atoms with E-state index in [1.54, 1.807) is 6.07 Å². The minimum absolute atomic E-state index is 0.0410. The predicted octanol–water partition coefficient (Wildman–Crippen LogP) is 4.83.